The average molecular weight is 476 g/mol. The highest BCUT2D eigenvalue weighted by atomic mass is 35.5. The summed E-state index contributed by atoms with van der Waals surface area (Å²) in [7, 11) is 0. The summed E-state index contributed by atoms with van der Waals surface area (Å²) < 4.78 is 3.41. The lowest BCUT2D eigenvalue weighted by Crippen LogP contribution is -2.41. The number of hydrogen-bond acceptors (Lipinski definition) is 6. The molecule has 0 unspecified atom stereocenters. The summed E-state index contributed by atoms with van der Waals surface area (Å²) in [6.07, 6.45) is 1.76. The first-order valence-electron chi connectivity index (χ1n) is 10.3. The second-order valence-corrected chi connectivity index (χ2v) is 8.22. The van der Waals surface area contributed by atoms with Gasteiger partial charge in [0.25, 0.3) is 5.91 Å². The Morgan fingerprint density at radius 2 is 1.97 bits per heavy atom. The number of nitriles is 1. The van der Waals surface area contributed by atoms with Crippen molar-refractivity contribution in [1.29, 1.82) is 5.26 Å². The number of rotatable bonds is 3. The maximum atomic E-state index is 12.9. The molecule has 0 fully saturated rings. The number of pyridine rings is 1. The zero-order chi connectivity index (χ0) is 24.0. The smallest absolute Gasteiger partial charge is 0.322 e. The molecule has 1 aliphatic rings. The van der Waals surface area contributed by atoms with E-state index in [4.69, 9.17) is 22.6 Å². The summed E-state index contributed by atoms with van der Waals surface area (Å²) in [4.78, 5) is 26.9. The summed E-state index contributed by atoms with van der Waals surface area (Å²) in [6, 6.07) is 9.93. The summed E-state index contributed by atoms with van der Waals surface area (Å²) >= 11 is 6.39. The number of carbonyl (C=O) groups excluding carboxylic acids is 2. The number of aromatic nitrogens is 5. The molecular weight excluding hydrogens is 458 g/mol. The number of nitrogens with zero attached hydrogens (tertiary/aromatic N) is 7. The van der Waals surface area contributed by atoms with Crippen molar-refractivity contribution in [3.8, 4) is 17.3 Å². The molecule has 3 aromatic heterocycles. The van der Waals surface area contributed by atoms with Crippen LogP contribution in [-0.2, 0) is 13.1 Å². The van der Waals surface area contributed by atoms with E-state index in [0.717, 1.165) is 0 Å². The van der Waals surface area contributed by atoms with Crippen molar-refractivity contribution in [3.63, 3.8) is 0 Å². The Hall–Kier alpha value is -4.43. The number of benzene rings is 1. The van der Waals surface area contributed by atoms with Crippen molar-refractivity contribution in [2.45, 2.75) is 20.0 Å². The van der Waals surface area contributed by atoms with Crippen LogP contribution in [0.15, 0.2) is 36.5 Å². The van der Waals surface area contributed by atoms with Gasteiger partial charge in [0, 0.05) is 24.0 Å². The third-order valence-electron chi connectivity index (χ3n) is 5.68. The molecule has 4 aromatic rings. The van der Waals surface area contributed by atoms with Crippen molar-refractivity contribution in [1.82, 2.24) is 29.3 Å². The van der Waals surface area contributed by atoms with E-state index in [0.29, 0.717) is 57.8 Å². The summed E-state index contributed by atoms with van der Waals surface area (Å²) in [6.45, 7) is 2.71. The van der Waals surface area contributed by atoms with Gasteiger partial charge in [-0.25, -0.2) is 4.79 Å². The first-order valence-corrected chi connectivity index (χ1v) is 10.7. The number of hydrogen-bond donors (Lipinski definition) is 2. The lowest BCUT2D eigenvalue weighted by molar-refractivity contribution is 0.0997. The molecule has 170 valence electrons. The number of anilines is 1. The molecule has 1 aromatic carbocycles. The van der Waals surface area contributed by atoms with E-state index in [9.17, 15) is 9.59 Å². The number of nitrogens with one attached hydrogen (secondary N) is 1. The van der Waals surface area contributed by atoms with Gasteiger partial charge in [0.15, 0.2) is 5.65 Å². The Kier molecular flexibility index (Phi) is 5.14. The normalized spacial score (nSPS) is 12.9. The molecule has 3 amide bonds. The van der Waals surface area contributed by atoms with E-state index in [1.54, 1.807) is 57.4 Å². The molecule has 5 rings (SSSR count). The highest BCUT2D eigenvalue weighted by Gasteiger charge is 2.30. The minimum Gasteiger partial charge on any atom is -0.365 e. The first-order chi connectivity index (χ1) is 16.4. The van der Waals surface area contributed by atoms with Gasteiger partial charge in [0.05, 0.1) is 41.0 Å². The summed E-state index contributed by atoms with van der Waals surface area (Å²) in [5.74, 6) is -0.0173. The molecule has 4 heterocycles. The maximum absolute atomic E-state index is 12.9. The number of primary amides is 1. The lowest BCUT2D eigenvalue weighted by atomic mass is 10.1. The van der Waals surface area contributed by atoms with Gasteiger partial charge in [-0.1, -0.05) is 11.6 Å². The monoisotopic (exact) mass is 475 g/mol. The molecule has 0 saturated heterocycles. The molecule has 0 radical (unpaired) electrons. The van der Waals surface area contributed by atoms with Gasteiger partial charge >= 0.3 is 6.03 Å². The van der Waals surface area contributed by atoms with E-state index in [1.165, 1.54) is 0 Å². The minimum atomic E-state index is -0.651. The molecule has 0 saturated carbocycles. The van der Waals surface area contributed by atoms with E-state index in [2.05, 4.69) is 20.6 Å². The van der Waals surface area contributed by atoms with Crippen molar-refractivity contribution < 1.29 is 9.59 Å². The zero-order valence-corrected chi connectivity index (χ0v) is 18.7. The number of halogens is 1. The van der Waals surface area contributed by atoms with E-state index in [1.807, 2.05) is 6.07 Å². The molecule has 0 bridgehead atoms. The topological polar surface area (TPSA) is 147 Å². The fourth-order valence-electron chi connectivity index (χ4n) is 3.98. The minimum absolute atomic E-state index is 0.148. The Morgan fingerprint density at radius 3 is 2.68 bits per heavy atom. The highest BCUT2D eigenvalue weighted by Crippen LogP contribution is 2.31. The molecule has 0 spiro atoms. The predicted molar refractivity (Wildman–Crippen MR) is 123 cm³/mol. The SMILES string of the molecule is Cc1nnc2c(Cl)cc(-c3nn4c(c3C(N)=O)CN(C(=O)Nc3ccc(C#N)cc3)CC4)cn12. The lowest BCUT2D eigenvalue weighted by Gasteiger charge is -2.28. The van der Waals surface area contributed by atoms with E-state index >= 15 is 0 Å². The van der Waals surface area contributed by atoms with Crippen molar-refractivity contribution in [2.24, 2.45) is 5.73 Å². The number of fused-ring (bicyclic) bond motifs is 2. The van der Waals surface area contributed by atoms with Crippen molar-refractivity contribution in [2.75, 3.05) is 11.9 Å². The molecule has 12 heteroatoms. The Balaban J connectivity index is 1.47. The van der Waals surface area contributed by atoms with Crippen molar-refractivity contribution >= 4 is 34.9 Å². The van der Waals surface area contributed by atoms with Gasteiger partial charge in [-0.2, -0.15) is 10.4 Å². The van der Waals surface area contributed by atoms with Gasteiger partial charge < -0.3 is 16.0 Å². The Bertz CT molecular complexity index is 1500. The van der Waals surface area contributed by atoms with Crippen LogP contribution in [0.2, 0.25) is 5.02 Å². The standard InChI is InChI=1S/C22H18ClN9O2/c1-12-27-28-21-16(23)8-14(10-31(12)21)19-18(20(25)33)17-11-30(6-7-32(17)29-19)22(34)26-15-4-2-13(9-24)3-5-15/h2-5,8,10H,6-7,11H2,1H3,(H2,25,33)(H,26,34). The van der Waals surface area contributed by atoms with E-state index < -0.39 is 5.91 Å². The average Bonchev–Trinajstić information content (AvgIpc) is 3.40. The third kappa shape index (κ3) is 3.60. The van der Waals surface area contributed by atoms with Crippen LogP contribution in [0.3, 0.4) is 0 Å². The fraction of sp³-hybridized carbons (Fsp3) is 0.182. The molecule has 0 aliphatic carbocycles. The second-order valence-electron chi connectivity index (χ2n) is 7.82. The van der Waals surface area contributed by atoms with Crippen molar-refractivity contribution in [3.05, 3.63) is 64.2 Å². The molecule has 34 heavy (non-hydrogen) atoms. The quantitative estimate of drug-likeness (QED) is 0.465. The van der Waals surface area contributed by atoms with Gasteiger partial charge in [0.2, 0.25) is 0 Å². The van der Waals surface area contributed by atoms with Gasteiger partial charge in [-0.15, -0.1) is 10.2 Å². The van der Waals surface area contributed by atoms with Crippen LogP contribution in [0.25, 0.3) is 16.9 Å². The molecule has 0 atom stereocenters. The van der Waals surface area contributed by atoms with Crippen LogP contribution < -0.4 is 11.1 Å². The van der Waals surface area contributed by atoms with Crippen LogP contribution in [0.4, 0.5) is 10.5 Å². The Labute approximate surface area is 198 Å². The highest BCUT2D eigenvalue weighted by molar-refractivity contribution is 6.33. The van der Waals surface area contributed by atoms with Crippen LogP contribution in [0.5, 0.6) is 0 Å². The van der Waals surface area contributed by atoms with Crippen LogP contribution in [0.1, 0.15) is 27.4 Å². The molecule has 11 nitrogen and oxygen atoms in total. The number of carbonyl (C=O) groups is 2. The van der Waals surface area contributed by atoms with Gasteiger partial charge in [-0.05, 0) is 37.3 Å². The zero-order valence-electron chi connectivity index (χ0n) is 18.0. The molecule has 3 N–H and O–H groups in total. The summed E-state index contributed by atoms with van der Waals surface area (Å²) in [5.41, 5.74) is 9.06. The largest absolute Gasteiger partial charge is 0.365 e. The van der Waals surface area contributed by atoms with E-state index in [-0.39, 0.29) is 18.1 Å². The van der Waals surface area contributed by atoms with Gasteiger partial charge in [0.1, 0.15) is 11.5 Å². The fourth-order valence-corrected chi connectivity index (χ4v) is 4.22. The summed E-state index contributed by atoms with van der Waals surface area (Å²) in [5, 5.41) is 24.8. The van der Waals surface area contributed by atoms with Crippen LogP contribution >= 0.6 is 11.6 Å². The third-order valence-corrected chi connectivity index (χ3v) is 5.96. The maximum Gasteiger partial charge on any atom is 0.322 e. The number of urea groups is 1. The van der Waals surface area contributed by atoms with Crippen LogP contribution in [-0.4, -0.2) is 47.8 Å². The number of aryl methyl sites for hydroxylation is 1. The Morgan fingerprint density at radius 1 is 1.21 bits per heavy atom. The first kappa shape index (κ1) is 21.4. The molecular formula is C22H18ClN9O2. The predicted octanol–water partition coefficient (Wildman–Crippen LogP) is 2.57. The van der Waals surface area contributed by atoms with Gasteiger partial charge in [-0.3, -0.25) is 13.9 Å². The molecule has 1 aliphatic heterocycles. The second kappa shape index (κ2) is 8.17. The van der Waals surface area contributed by atoms with Crippen LogP contribution in [0, 0.1) is 18.3 Å². The number of amides is 3. The number of nitrogens with two attached hydrogens (primary N) is 1.